The van der Waals surface area contributed by atoms with Gasteiger partial charge in [0.2, 0.25) is 11.8 Å². The lowest BCUT2D eigenvalue weighted by Crippen LogP contribution is -2.46. The zero-order valence-electron chi connectivity index (χ0n) is 24.2. The van der Waals surface area contributed by atoms with Gasteiger partial charge in [0.15, 0.2) is 0 Å². The van der Waals surface area contributed by atoms with Crippen LogP contribution < -0.4 is 11.5 Å². The predicted molar refractivity (Wildman–Crippen MR) is 158 cm³/mol. The second-order valence-corrected chi connectivity index (χ2v) is 16.4. The van der Waals surface area contributed by atoms with Crippen molar-refractivity contribution in [2.45, 2.75) is 59.5 Å². The Kier molecular flexibility index (Phi) is 25.0. The number of amides is 2. The number of hydrogen-bond donors (Lipinski definition) is 2. The van der Waals surface area contributed by atoms with E-state index in [4.69, 9.17) is 38.0 Å². The first-order chi connectivity index (χ1) is 17.5. The van der Waals surface area contributed by atoms with Crippen LogP contribution in [0.4, 0.5) is 0 Å². The van der Waals surface area contributed by atoms with E-state index in [1.807, 2.05) is 34.6 Å². The number of nitrogens with two attached hydrogens (primary N) is 2. The van der Waals surface area contributed by atoms with Crippen molar-refractivity contribution in [3.8, 4) is 0 Å². The normalized spacial score (nSPS) is 13.5. The van der Waals surface area contributed by atoms with Crippen LogP contribution in [-0.4, -0.2) is 93.6 Å². The van der Waals surface area contributed by atoms with Crippen molar-refractivity contribution in [2.24, 2.45) is 23.3 Å². The SMILES string of the molecule is CCO[Si](CCCSCC(C)C(N)=O)(OCC)OCC.CO[Si](CCCSCC(C)C(N)=O)(OC)OC. The smallest absolute Gasteiger partial charge is 0.377 e. The fraction of sp³-hybridized carbons (Fsp3) is 0.913. The van der Waals surface area contributed by atoms with E-state index in [0.717, 1.165) is 47.9 Å². The monoisotopic (exact) mass is 604 g/mol. The molecule has 222 valence electrons. The summed E-state index contributed by atoms with van der Waals surface area (Å²) in [4.78, 5) is 21.8. The maximum atomic E-state index is 10.9. The average molecular weight is 605 g/mol. The van der Waals surface area contributed by atoms with Crippen molar-refractivity contribution >= 4 is 52.9 Å². The Morgan fingerprint density at radius 1 is 0.676 bits per heavy atom. The topological polar surface area (TPSA) is 142 Å². The van der Waals surface area contributed by atoms with Crippen LogP contribution in [0.1, 0.15) is 47.5 Å². The van der Waals surface area contributed by atoms with Crippen LogP contribution in [-0.2, 0) is 36.1 Å². The minimum Gasteiger partial charge on any atom is -0.377 e. The van der Waals surface area contributed by atoms with Gasteiger partial charge in [-0.1, -0.05) is 13.8 Å². The molecule has 14 heteroatoms. The summed E-state index contributed by atoms with van der Waals surface area (Å²) in [6, 6.07) is 1.61. The molecule has 0 aromatic rings. The highest BCUT2D eigenvalue weighted by Crippen LogP contribution is 2.21. The maximum Gasteiger partial charge on any atom is 0.500 e. The molecule has 0 aliphatic carbocycles. The maximum absolute atomic E-state index is 10.9. The molecule has 4 N–H and O–H groups in total. The average Bonchev–Trinajstić information content (AvgIpc) is 2.87. The number of carbonyl (C=O) groups excluding carboxylic acids is 2. The molecule has 0 spiro atoms. The van der Waals surface area contributed by atoms with Crippen molar-refractivity contribution in [3.05, 3.63) is 0 Å². The quantitative estimate of drug-likeness (QED) is 0.132. The largest absolute Gasteiger partial charge is 0.500 e. The van der Waals surface area contributed by atoms with E-state index in [-0.39, 0.29) is 23.7 Å². The Labute approximate surface area is 235 Å². The van der Waals surface area contributed by atoms with E-state index in [1.54, 1.807) is 44.9 Å². The van der Waals surface area contributed by atoms with Crippen molar-refractivity contribution in [1.82, 2.24) is 0 Å². The fourth-order valence-electron chi connectivity index (χ4n) is 3.02. The van der Waals surface area contributed by atoms with E-state index in [0.29, 0.717) is 19.8 Å². The Balaban J connectivity index is 0. The lowest BCUT2D eigenvalue weighted by Gasteiger charge is -2.28. The molecule has 0 saturated carbocycles. The Morgan fingerprint density at radius 2 is 1.00 bits per heavy atom. The molecule has 0 saturated heterocycles. The molecule has 0 aliphatic heterocycles. The van der Waals surface area contributed by atoms with Gasteiger partial charge in [-0.15, -0.1) is 0 Å². The third kappa shape index (κ3) is 18.7. The van der Waals surface area contributed by atoms with Crippen LogP contribution in [0.25, 0.3) is 0 Å². The molecule has 0 radical (unpaired) electrons. The number of primary amides is 2. The molecule has 10 nitrogen and oxygen atoms in total. The second-order valence-electron chi connectivity index (χ2n) is 8.24. The summed E-state index contributed by atoms with van der Waals surface area (Å²) in [5.74, 6) is 2.80. The van der Waals surface area contributed by atoms with Crippen molar-refractivity contribution < 1.29 is 36.1 Å². The van der Waals surface area contributed by atoms with Gasteiger partial charge in [-0.2, -0.15) is 23.5 Å². The third-order valence-corrected chi connectivity index (χ3v) is 13.9. The summed E-state index contributed by atoms with van der Waals surface area (Å²) in [6.45, 7) is 11.4. The van der Waals surface area contributed by atoms with Gasteiger partial charge in [-0.05, 0) is 45.1 Å². The summed E-state index contributed by atoms with van der Waals surface area (Å²) in [6.07, 6.45) is 1.90. The molecule has 2 unspecified atom stereocenters. The number of hydrogen-bond acceptors (Lipinski definition) is 10. The van der Waals surface area contributed by atoms with Crippen LogP contribution in [0, 0.1) is 11.8 Å². The molecule has 0 fully saturated rings. The van der Waals surface area contributed by atoms with Gasteiger partial charge in [0.05, 0.1) is 0 Å². The highest BCUT2D eigenvalue weighted by molar-refractivity contribution is 7.99. The van der Waals surface area contributed by atoms with Crippen LogP contribution >= 0.6 is 23.5 Å². The van der Waals surface area contributed by atoms with Crippen LogP contribution in [0.15, 0.2) is 0 Å². The third-order valence-electron chi connectivity index (χ3n) is 5.28. The minimum atomic E-state index is -2.50. The summed E-state index contributed by atoms with van der Waals surface area (Å²) in [5, 5.41) is 0. The molecule has 2 amide bonds. The van der Waals surface area contributed by atoms with Crippen molar-refractivity contribution in [2.75, 3.05) is 64.2 Å². The van der Waals surface area contributed by atoms with Gasteiger partial charge in [0.1, 0.15) is 0 Å². The molecule has 0 aliphatic rings. The molecule has 0 rings (SSSR count). The number of rotatable bonds is 23. The van der Waals surface area contributed by atoms with Crippen molar-refractivity contribution in [1.29, 1.82) is 0 Å². The lowest BCUT2D eigenvalue weighted by molar-refractivity contribution is -0.121. The second kappa shape index (κ2) is 23.7. The van der Waals surface area contributed by atoms with E-state index >= 15 is 0 Å². The van der Waals surface area contributed by atoms with E-state index in [9.17, 15) is 9.59 Å². The molecule has 0 aromatic carbocycles. The predicted octanol–water partition coefficient (Wildman–Crippen LogP) is 3.39. The van der Waals surface area contributed by atoms with Gasteiger partial charge < -0.3 is 38.0 Å². The van der Waals surface area contributed by atoms with Gasteiger partial charge in [0.25, 0.3) is 0 Å². The first-order valence-corrected chi connectivity index (χ1v) is 19.0. The van der Waals surface area contributed by atoms with Gasteiger partial charge in [0, 0.05) is 76.6 Å². The molecule has 37 heavy (non-hydrogen) atoms. The van der Waals surface area contributed by atoms with Gasteiger partial charge in [-0.3, -0.25) is 9.59 Å². The molecule has 0 heterocycles. The molecular formula is C23H52N2O8S2Si2. The summed E-state index contributed by atoms with van der Waals surface area (Å²) >= 11 is 3.46. The zero-order chi connectivity index (χ0) is 28.7. The van der Waals surface area contributed by atoms with Crippen LogP contribution in [0.3, 0.4) is 0 Å². The molecule has 0 aromatic heterocycles. The minimum absolute atomic E-state index is 0.0747. The van der Waals surface area contributed by atoms with E-state index < -0.39 is 17.6 Å². The summed E-state index contributed by atoms with van der Waals surface area (Å²) < 4.78 is 33.3. The first-order valence-electron chi connectivity index (χ1n) is 12.8. The molecule has 2 atom stereocenters. The highest BCUT2D eigenvalue weighted by atomic mass is 32.2. The fourth-order valence-corrected chi connectivity index (χ4v) is 9.94. The zero-order valence-corrected chi connectivity index (χ0v) is 27.8. The Morgan fingerprint density at radius 3 is 1.27 bits per heavy atom. The van der Waals surface area contributed by atoms with Crippen LogP contribution in [0.5, 0.6) is 0 Å². The Bertz CT molecular complexity index is 568. The van der Waals surface area contributed by atoms with Crippen molar-refractivity contribution in [3.63, 3.8) is 0 Å². The lowest BCUT2D eigenvalue weighted by atomic mass is 10.2. The number of thioether (sulfide) groups is 2. The molecule has 0 bridgehead atoms. The highest BCUT2D eigenvalue weighted by Gasteiger charge is 2.39. The van der Waals surface area contributed by atoms with Gasteiger partial charge >= 0.3 is 17.6 Å². The van der Waals surface area contributed by atoms with Crippen LogP contribution in [0.2, 0.25) is 12.1 Å². The summed E-state index contributed by atoms with van der Waals surface area (Å²) in [7, 11) is -0.0830. The van der Waals surface area contributed by atoms with Gasteiger partial charge in [-0.25, -0.2) is 0 Å². The van der Waals surface area contributed by atoms with E-state index in [2.05, 4.69) is 0 Å². The molecular weight excluding hydrogens is 553 g/mol. The Hall–Kier alpha value is -0.166. The first kappa shape index (κ1) is 39.0. The van der Waals surface area contributed by atoms with E-state index in [1.165, 1.54) is 0 Å². The summed E-state index contributed by atoms with van der Waals surface area (Å²) in [5.41, 5.74) is 10.4. The standard InChI is InChI=1S/C13H29NO4SSi.C10H23NO4SSi/c1-5-16-20(17-6-2,18-7-3)10-8-9-19-11-12(4)13(14)15;1-9(10(11)12)8-16-6-5-7-17(13-2,14-3)15-4/h12H,5-11H2,1-4H3,(H2,14,15);9H,5-8H2,1-4H3,(H2,11,12). The number of carbonyl (C=O) groups is 2.